The zero-order chi connectivity index (χ0) is 14.7. The van der Waals surface area contributed by atoms with Gasteiger partial charge < -0.3 is 15.1 Å². The highest BCUT2D eigenvalue weighted by molar-refractivity contribution is 5.74. The van der Waals surface area contributed by atoms with Crippen molar-refractivity contribution < 1.29 is 4.79 Å². The number of hydrogen-bond acceptors (Lipinski definition) is 4. The second kappa shape index (κ2) is 5.81. The molecule has 1 fully saturated rings. The van der Waals surface area contributed by atoms with E-state index < -0.39 is 11.2 Å². The van der Waals surface area contributed by atoms with Crippen LogP contribution in [0.5, 0.6) is 0 Å². The molecule has 8 heteroatoms. The number of carbonyl (C=O) groups excluding carboxylic acids is 1. The van der Waals surface area contributed by atoms with E-state index in [9.17, 15) is 14.4 Å². The Morgan fingerprint density at radius 1 is 1.50 bits per heavy atom. The van der Waals surface area contributed by atoms with Gasteiger partial charge in [0.2, 0.25) is 0 Å². The highest BCUT2D eigenvalue weighted by Gasteiger charge is 2.25. The molecular formula is C12H19N5O3. The molecule has 110 valence electrons. The lowest BCUT2D eigenvalue weighted by atomic mass is 10.3. The SMILES string of the molecule is CCN(C)C(=O)N[C@@H]1CCN(c2cc(=O)[nH]c(=O)[nH]2)C1. The molecule has 1 aliphatic heterocycles. The number of anilines is 1. The van der Waals surface area contributed by atoms with Gasteiger partial charge in [-0.2, -0.15) is 0 Å². The van der Waals surface area contributed by atoms with Gasteiger partial charge in [0.05, 0.1) is 0 Å². The zero-order valence-electron chi connectivity index (χ0n) is 11.6. The van der Waals surface area contributed by atoms with Crippen molar-refractivity contribution in [2.75, 3.05) is 31.6 Å². The number of carbonyl (C=O) groups is 1. The first-order valence-corrected chi connectivity index (χ1v) is 6.60. The minimum Gasteiger partial charge on any atom is -0.356 e. The Labute approximate surface area is 115 Å². The standard InChI is InChI=1S/C12H19N5O3/c1-3-16(2)12(20)13-8-4-5-17(7-8)9-6-10(18)15-11(19)14-9/h6,8H,3-5,7H2,1-2H3,(H,13,20)(H2,14,15,18,19)/t8-/m1/s1. The van der Waals surface area contributed by atoms with E-state index in [0.717, 1.165) is 6.42 Å². The number of aromatic nitrogens is 2. The van der Waals surface area contributed by atoms with Crippen LogP contribution in [-0.4, -0.2) is 53.6 Å². The Morgan fingerprint density at radius 3 is 2.90 bits per heavy atom. The van der Waals surface area contributed by atoms with Crippen LogP contribution in [0.1, 0.15) is 13.3 Å². The molecule has 20 heavy (non-hydrogen) atoms. The van der Waals surface area contributed by atoms with Crippen LogP contribution in [0.4, 0.5) is 10.6 Å². The Bertz CT molecular complexity index is 565. The quantitative estimate of drug-likeness (QED) is 0.682. The van der Waals surface area contributed by atoms with Crippen LogP contribution >= 0.6 is 0 Å². The molecule has 8 nitrogen and oxygen atoms in total. The van der Waals surface area contributed by atoms with Crippen molar-refractivity contribution in [2.24, 2.45) is 0 Å². The molecule has 2 amide bonds. The summed E-state index contributed by atoms with van der Waals surface area (Å²) in [6.45, 7) is 3.80. The molecule has 1 aliphatic rings. The van der Waals surface area contributed by atoms with E-state index in [-0.39, 0.29) is 12.1 Å². The first kappa shape index (κ1) is 14.2. The summed E-state index contributed by atoms with van der Waals surface area (Å²) in [6, 6.07) is 1.25. The van der Waals surface area contributed by atoms with Crippen molar-refractivity contribution >= 4 is 11.8 Å². The van der Waals surface area contributed by atoms with Crippen LogP contribution in [0.15, 0.2) is 15.7 Å². The fourth-order valence-corrected chi connectivity index (χ4v) is 2.15. The lowest BCUT2D eigenvalue weighted by molar-refractivity contribution is 0.207. The number of urea groups is 1. The van der Waals surface area contributed by atoms with Crippen molar-refractivity contribution in [3.8, 4) is 0 Å². The second-order valence-corrected chi connectivity index (χ2v) is 4.87. The van der Waals surface area contributed by atoms with Gasteiger partial charge in [-0.15, -0.1) is 0 Å². The van der Waals surface area contributed by atoms with Crippen molar-refractivity contribution in [2.45, 2.75) is 19.4 Å². The second-order valence-electron chi connectivity index (χ2n) is 4.87. The zero-order valence-corrected chi connectivity index (χ0v) is 11.6. The molecule has 0 bridgehead atoms. The minimum atomic E-state index is -0.522. The molecule has 3 N–H and O–H groups in total. The van der Waals surface area contributed by atoms with Gasteiger partial charge in [0.1, 0.15) is 5.82 Å². The van der Waals surface area contributed by atoms with Crippen LogP contribution in [-0.2, 0) is 0 Å². The van der Waals surface area contributed by atoms with Crippen molar-refractivity contribution in [3.05, 3.63) is 26.9 Å². The van der Waals surface area contributed by atoms with Crippen LogP contribution in [0.2, 0.25) is 0 Å². The highest BCUT2D eigenvalue weighted by atomic mass is 16.2. The molecule has 1 atom stereocenters. The smallest absolute Gasteiger partial charge is 0.327 e. The van der Waals surface area contributed by atoms with E-state index in [1.54, 1.807) is 11.9 Å². The van der Waals surface area contributed by atoms with Crippen LogP contribution < -0.4 is 21.5 Å². The molecule has 2 heterocycles. The molecule has 0 radical (unpaired) electrons. The number of nitrogens with one attached hydrogen (secondary N) is 3. The maximum atomic E-state index is 11.8. The highest BCUT2D eigenvalue weighted by Crippen LogP contribution is 2.15. The normalized spacial score (nSPS) is 18.1. The molecule has 1 saturated heterocycles. The summed E-state index contributed by atoms with van der Waals surface area (Å²) in [5.41, 5.74) is -0.951. The van der Waals surface area contributed by atoms with Gasteiger partial charge in [-0.25, -0.2) is 9.59 Å². The van der Waals surface area contributed by atoms with Crippen molar-refractivity contribution in [1.82, 2.24) is 20.2 Å². The number of nitrogens with zero attached hydrogens (tertiary/aromatic N) is 2. The Hall–Kier alpha value is -2.25. The third kappa shape index (κ3) is 3.19. The predicted octanol–water partition coefficient (Wildman–Crippen LogP) is -0.697. The Balaban J connectivity index is 2.00. The summed E-state index contributed by atoms with van der Waals surface area (Å²) in [4.78, 5) is 42.5. The maximum absolute atomic E-state index is 11.8. The van der Waals surface area contributed by atoms with Crippen LogP contribution in [0, 0.1) is 0 Å². The average Bonchev–Trinajstić information content (AvgIpc) is 2.85. The number of rotatable bonds is 3. The third-order valence-corrected chi connectivity index (χ3v) is 3.42. The molecule has 1 aromatic heterocycles. The lowest BCUT2D eigenvalue weighted by Gasteiger charge is -2.20. The topological polar surface area (TPSA) is 101 Å². The minimum absolute atomic E-state index is 0.0132. The Morgan fingerprint density at radius 2 is 2.25 bits per heavy atom. The van der Waals surface area contributed by atoms with Crippen LogP contribution in [0.25, 0.3) is 0 Å². The summed E-state index contributed by atoms with van der Waals surface area (Å²) in [5, 5.41) is 2.93. The lowest BCUT2D eigenvalue weighted by Crippen LogP contribution is -2.44. The summed E-state index contributed by atoms with van der Waals surface area (Å²) in [6.07, 6.45) is 0.776. The van der Waals surface area contributed by atoms with E-state index in [4.69, 9.17) is 0 Å². The predicted molar refractivity (Wildman–Crippen MR) is 75.1 cm³/mol. The number of aromatic amines is 2. The number of hydrogen-bond donors (Lipinski definition) is 3. The van der Waals surface area contributed by atoms with Gasteiger partial charge in [-0.1, -0.05) is 0 Å². The van der Waals surface area contributed by atoms with Gasteiger partial charge in [-0.05, 0) is 13.3 Å². The summed E-state index contributed by atoms with van der Waals surface area (Å²) < 4.78 is 0. The van der Waals surface area contributed by atoms with Gasteiger partial charge in [0, 0.05) is 38.8 Å². The van der Waals surface area contributed by atoms with Gasteiger partial charge in [-0.3, -0.25) is 14.8 Å². The first-order valence-electron chi connectivity index (χ1n) is 6.60. The maximum Gasteiger partial charge on any atom is 0.327 e. The molecular weight excluding hydrogens is 262 g/mol. The molecule has 0 aromatic carbocycles. The number of H-pyrrole nitrogens is 2. The monoisotopic (exact) mass is 281 g/mol. The van der Waals surface area contributed by atoms with Gasteiger partial charge >= 0.3 is 11.7 Å². The Kier molecular flexibility index (Phi) is 4.11. The van der Waals surface area contributed by atoms with E-state index >= 15 is 0 Å². The third-order valence-electron chi connectivity index (χ3n) is 3.42. The molecule has 2 rings (SSSR count). The molecule has 0 aliphatic carbocycles. The van der Waals surface area contributed by atoms with E-state index in [1.807, 2.05) is 11.8 Å². The van der Waals surface area contributed by atoms with Gasteiger partial charge in [0.15, 0.2) is 0 Å². The molecule has 0 spiro atoms. The fourth-order valence-electron chi connectivity index (χ4n) is 2.15. The fraction of sp³-hybridized carbons (Fsp3) is 0.583. The van der Waals surface area contributed by atoms with E-state index in [2.05, 4.69) is 15.3 Å². The number of amides is 2. The van der Waals surface area contributed by atoms with Crippen LogP contribution in [0.3, 0.4) is 0 Å². The molecule has 0 unspecified atom stereocenters. The van der Waals surface area contributed by atoms with E-state index in [0.29, 0.717) is 25.5 Å². The largest absolute Gasteiger partial charge is 0.356 e. The van der Waals surface area contributed by atoms with E-state index in [1.165, 1.54) is 6.07 Å². The molecule has 1 aromatic rings. The van der Waals surface area contributed by atoms with Crippen molar-refractivity contribution in [3.63, 3.8) is 0 Å². The molecule has 0 saturated carbocycles. The summed E-state index contributed by atoms with van der Waals surface area (Å²) >= 11 is 0. The first-order chi connectivity index (χ1) is 9.49. The van der Waals surface area contributed by atoms with Gasteiger partial charge in [0.25, 0.3) is 5.56 Å². The average molecular weight is 281 g/mol. The summed E-state index contributed by atoms with van der Waals surface area (Å²) in [5.74, 6) is 0.486. The summed E-state index contributed by atoms with van der Waals surface area (Å²) in [7, 11) is 1.73. The van der Waals surface area contributed by atoms with Crippen molar-refractivity contribution in [1.29, 1.82) is 0 Å².